The van der Waals surface area contributed by atoms with Crippen molar-refractivity contribution in [3.05, 3.63) is 35.6 Å². The van der Waals surface area contributed by atoms with Crippen LogP contribution in [0.5, 0.6) is 0 Å². The van der Waals surface area contributed by atoms with E-state index in [0.717, 1.165) is 24.6 Å². The van der Waals surface area contributed by atoms with E-state index in [0.29, 0.717) is 11.5 Å². The summed E-state index contributed by atoms with van der Waals surface area (Å²) >= 11 is 1.90. The van der Waals surface area contributed by atoms with E-state index in [2.05, 4.69) is 4.99 Å². The molecule has 0 spiro atoms. The summed E-state index contributed by atoms with van der Waals surface area (Å²) in [5.74, 6) is 2.18. The Morgan fingerprint density at radius 1 is 1.47 bits per heavy atom. The first-order valence-electron chi connectivity index (χ1n) is 6.23. The lowest BCUT2D eigenvalue weighted by Gasteiger charge is -2.27. The number of halogens is 1. The Hall–Kier alpha value is -1.27. The van der Waals surface area contributed by atoms with Gasteiger partial charge in [-0.25, -0.2) is 4.39 Å². The lowest BCUT2D eigenvalue weighted by molar-refractivity contribution is 0.186. The molecule has 0 bridgehead atoms. The van der Waals surface area contributed by atoms with Crippen molar-refractivity contribution in [3.8, 4) is 0 Å². The van der Waals surface area contributed by atoms with Crippen LogP contribution in [0.1, 0.15) is 11.7 Å². The Labute approximate surface area is 116 Å². The predicted octanol–water partition coefficient (Wildman–Crippen LogP) is 1.22. The molecule has 0 aromatic heterocycles. The first-order chi connectivity index (χ1) is 9.16. The number of guanidine groups is 1. The van der Waals surface area contributed by atoms with Gasteiger partial charge in [0.25, 0.3) is 0 Å². The number of aliphatic hydroxyl groups excluding tert-OH is 1. The summed E-state index contributed by atoms with van der Waals surface area (Å²) in [7, 11) is 0. The van der Waals surface area contributed by atoms with Gasteiger partial charge in [0.05, 0.1) is 12.6 Å². The van der Waals surface area contributed by atoms with Gasteiger partial charge in [-0.1, -0.05) is 12.1 Å². The fourth-order valence-electron chi connectivity index (χ4n) is 1.89. The van der Waals surface area contributed by atoms with Gasteiger partial charge >= 0.3 is 0 Å². The van der Waals surface area contributed by atoms with Crippen LogP contribution in [0.4, 0.5) is 4.39 Å². The fraction of sp³-hybridized carbons (Fsp3) is 0.462. The summed E-state index contributed by atoms with van der Waals surface area (Å²) in [5.41, 5.74) is 6.41. The SMILES string of the molecule is NC(=NCC(O)c1cccc(F)c1)N1CCSCC1. The van der Waals surface area contributed by atoms with Gasteiger partial charge in [-0.05, 0) is 17.7 Å². The number of aliphatic imine (C=N–C) groups is 1. The molecule has 1 aliphatic heterocycles. The highest BCUT2D eigenvalue weighted by atomic mass is 32.2. The zero-order valence-electron chi connectivity index (χ0n) is 10.6. The first-order valence-corrected chi connectivity index (χ1v) is 7.38. The van der Waals surface area contributed by atoms with Crippen molar-refractivity contribution >= 4 is 17.7 Å². The maximum absolute atomic E-state index is 13.0. The second kappa shape index (κ2) is 6.77. The Kier molecular flexibility index (Phi) is 5.04. The van der Waals surface area contributed by atoms with Gasteiger partial charge < -0.3 is 15.7 Å². The molecule has 1 saturated heterocycles. The van der Waals surface area contributed by atoms with Crippen LogP contribution in [0.25, 0.3) is 0 Å². The molecule has 104 valence electrons. The normalized spacial score (nSPS) is 18.4. The van der Waals surface area contributed by atoms with Crippen LogP contribution in [-0.2, 0) is 0 Å². The third kappa shape index (κ3) is 4.11. The summed E-state index contributed by atoms with van der Waals surface area (Å²) in [4.78, 5) is 6.20. The van der Waals surface area contributed by atoms with E-state index in [9.17, 15) is 9.50 Å². The van der Waals surface area contributed by atoms with Crippen molar-refractivity contribution in [1.29, 1.82) is 0 Å². The fourth-order valence-corrected chi connectivity index (χ4v) is 2.79. The van der Waals surface area contributed by atoms with Crippen molar-refractivity contribution in [2.24, 2.45) is 10.7 Å². The highest BCUT2D eigenvalue weighted by Gasteiger charge is 2.13. The molecule has 1 aromatic rings. The van der Waals surface area contributed by atoms with Crippen LogP contribution in [0, 0.1) is 5.82 Å². The van der Waals surface area contributed by atoms with E-state index in [1.54, 1.807) is 12.1 Å². The molecule has 1 aromatic carbocycles. The molecule has 3 N–H and O–H groups in total. The number of nitrogens with zero attached hydrogens (tertiary/aromatic N) is 2. The van der Waals surface area contributed by atoms with E-state index in [1.807, 2.05) is 16.7 Å². The molecule has 4 nitrogen and oxygen atoms in total. The Bertz CT molecular complexity index is 449. The van der Waals surface area contributed by atoms with Crippen molar-refractivity contribution in [1.82, 2.24) is 4.90 Å². The molecular weight excluding hydrogens is 265 g/mol. The molecule has 19 heavy (non-hydrogen) atoms. The van der Waals surface area contributed by atoms with Crippen LogP contribution in [0.15, 0.2) is 29.3 Å². The highest BCUT2D eigenvalue weighted by Crippen LogP contribution is 2.14. The number of thioether (sulfide) groups is 1. The van der Waals surface area contributed by atoms with Gasteiger partial charge in [0.2, 0.25) is 0 Å². The molecule has 1 heterocycles. The summed E-state index contributed by atoms with van der Waals surface area (Å²) in [6.45, 7) is 1.92. The Balaban J connectivity index is 1.93. The van der Waals surface area contributed by atoms with Crippen LogP contribution in [0.2, 0.25) is 0 Å². The maximum Gasteiger partial charge on any atom is 0.191 e. The Morgan fingerprint density at radius 2 is 2.21 bits per heavy atom. The second-order valence-electron chi connectivity index (χ2n) is 4.37. The second-order valence-corrected chi connectivity index (χ2v) is 5.59. The van der Waals surface area contributed by atoms with E-state index in [4.69, 9.17) is 5.73 Å². The number of rotatable bonds is 3. The van der Waals surface area contributed by atoms with Crippen molar-refractivity contribution < 1.29 is 9.50 Å². The van der Waals surface area contributed by atoms with Crippen LogP contribution >= 0.6 is 11.8 Å². The molecule has 1 unspecified atom stereocenters. The largest absolute Gasteiger partial charge is 0.386 e. The zero-order chi connectivity index (χ0) is 13.7. The van der Waals surface area contributed by atoms with E-state index in [-0.39, 0.29) is 12.4 Å². The van der Waals surface area contributed by atoms with Crippen molar-refractivity contribution in [3.63, 3.8) is 0 Å². The summed E-state index contributed by atoms with van der Waals surface area (Å²) in [6, 6.07) is 5.91. The molecule has 1 fully saturated rings. The minimum atomic E-state index is -0.826. The Morgan fingerprint density at radius 3 is 2.89 bits per heavy atom. The molecule has 0 amide bonds. The number of hydrogen-bond acceptors (Lipinski definition) is 3. The average molecular weight is 283 g/mol. The molecule has 2 rings (SSSR count). The third-order valence-electron chi connectivity index (χ3n) is 2.99. The molecule has 0 saturated carbocycles. The third-order valence-corrected chi connectivity index (χ3v) is 3.94. The molecule has 0 aliphatic carbocycles. The summed E-state index contributed by atoms with van der Waals surface area (Å²) < 4.78 is 13.0. The molecular formula is C13H18FN3OS. The van der Waals surface area contributed by atoms with Crippen LogP contribution in [0.3, 0.4) is 0 Å². The first kappa shape index (κ1) is 14.1. The standard InChI is InChI=1S/C13H18FN3OS/c14-11-3-1-2-10(8-11)12(18)9-16-13(15)17-4-6-19-7-5-17/h1-3,8,12,18H,4-7,9H2,(H2,15,16). The lowest BCUT2D eigenvalue weighted by Crippen LogP contribution is -2.42. The van der Waals surface area contributed by atoms with E-state index >= 15 is 0 Å². The number of benzene rings is 1. The van der Waals surface area contributed by atoms with Gasteiger partial charge in [-0.15, -0.1) is 0 Å². The monoisotopic (exact) mass is 283 g/mol. The zero-order valence-corrected chi connectivity index (χ0v) is 11.4. The predicted molar refractivity (Wildman–Crippen MR) is 76.7 cm³/mol. The van der Waals surface area contributed by atoms with Gasteiger partial charge in [0.1, 0.15) is 5.82 Å². The smallest absolute Gasteiger partial charge is 0.191 e. The van der Waals surface area contributed by atoms with Gasteiger partial charge in [-0.2, -0.15) is 11.8 Å². The minimum Gasteiger partial charge on any atom is -0.386 e. The van der Waals surface area contributed by atoms with Crippen molar-refractivity contribution in [2.75, 3.05) is 31.1 Å². The van der Waals surface area contributed by atoms with Crippen molar-refractivity contribution in [2.45, 2.75) is 6.10 Å². The van der Waals surface area contributed by atoms with Crippen LogP contribution < -0.4 is 5.73 Å². The highest BCUT2D eigenvalue weighted by molar-refractivity contribution is 7.99. The van der Waals surface area contributed by atoms with E-state index < -0.39 is 6.10 Å². The average Bonchev–Trinajstić information content (AvgIpc) is 2.45. The van der Waals surface area contributed by atoms with Crippen LogP contribution in [-0.4, -0.2) is 47.1 Å². The topological polar surface area (TPSA) is 61.9 Å². The number of hydrogen-bond donors (Lipinski definition) is 2. The minimum absolute atomic E-state index is 0.152. The summed E-state index contributed by atoms with van der Waals surface area (Å²) in [5, 5.41) is 9.94. The van der Waals surface area contributed by atoms with Gasteiger partial charge in [0, 0.05) is 24.6 Å². The molecule has 6 heteroatoms. The molecule has 0 radical (unpaired) electrons. The van der Waals surface area contributed by atoms with Gasteiger partial charge in [0.15, 0.2) is 5.96 Å². The number of aliphatic hydroxyl groups is 1. The maximum atomic E-state index is 13.0. The lowest BCUT2D eigenvalue weighted by atomic mass is 10.1. The number of nitrogens with two attached hydrogens (primary N) is 1. The molecule has 1 atom stereocenters. The summed E-state index contributed by atoms with van der Waals surface area (Å²) in [6.07, 6.45) is -0.826. The van der Waals surface area contributed by atoms with E-state index in [1.165, 1.54) is 12.1 Å². The van der Waals surface area contributed by atoms with Gasteiger partial charge in [-0.3, -0.25) is 4.99 Å². The quantitative estimate of drug-likeness (QED) is 0.647. The molecule has 1 aliphatic rings.